The smallest absolute Gasteiger partial charge is 0.223 e. The van der Waals surface area contributed by atoms with Gasteiger partial charge in [0.2, 0.25) is 5.91 Å². The lowest BCUT2D eigenvalue weighted by atomic mass is 10.0. The molecule has 2 N–H and O–H groups in total. The molecule has 90 valence electrons. The molecule has 3 aliphatic carbocycles. The van der Waals surface area contributed by atoms with Gasteiger partial charge in [-0.05, 0) is 56.3 Å². The molecule has 0 aliphatic heterocycles. The summed E-state index contributed by atoms with van der Waals surface area (Å²) >= 11 is 0. The maximum atomic E-state index is 12.0. The van der Waals surface area contributed by atoms with Crippen LogP contribution in [0, 0.1) is 29.6 Å². The van der Waals surface area contributed by atoms with Crippen molar-refractivity contribution in [3.63, 3.8) is 0 Å². The number of carbonyl (C=O) groups is 1. The zero-order valence-electron chi connectivity index (χ0n) is 9.86. The molecule has 3 aliphatic rings. The predicted molar refractivity (Wildman–Crippen MR) is 60.6 cm³/mol. The largest absolute Gasteiger partial charge is 0.396 e. The van der Waals surface area contributed by atoms with Crippen molar-refractivity contribution in [1.29, 1.82) is 0 Å². The maximum Gasteiger partial charge on any atom is 0.223 e. The van der Waals surface area contributed by atoms with Crippen LogP contribution >= 0.6 is 0 Å². The first kappa shape index (κ1) is 10.6. The van der Waals surface area contributed by atoms with Gasteiger partial charge in [0.1, 0.15) is 0 Å². The standard InChI is InChI=1S/C13H21NO2/c1-7(4-5-15)14-13(16)12-10-8-2-3-9(6-8)11(10)12/h7-12,15H,2-6H2,1H3,(H,14,16). The van der Waals surface area contributed by atoms with E-state index < -0.39 is 0 Å². The lowest BCUT2D eigenvalue weighted by Gasteiger charge is -2.14. The van der Waals surface area contributed by atoms with Crippen molar-refractivity contribution in [1.82, 2.24) is 5.32 Å². The van der Waals surface area contributed by atoms with Crippen LogP contribution in [0.3, 0.4) is 0 Å². The van der Waals surface area contributed by atoms with Crippen LogP contribution in [0.2, 0.25) is 0 Å². The summed E-state index contributed by atoms with van der Waals surface area (Å²) in [7, 11) is 0. The molecule has 3 rings (SSSR count). The minimum Gasteiger partial charge on any atom is -0.396 e. The second kappa shape index (κ2) is 3.73. The highest BCUT2D eigenvalue weighted by Crippen LogP contribution is 2.69. The van der Waals surface area contributed by atoms with E-state index in [4.69, 9.17) is 5.11 Å². The normalized spacial score (nSPS) is 45.2. The molecule has 0 aromatic heterocycles. The van der Waals surface area contributed by atoms with Crippen molar-refractivity contribution >= 4 is 5.91 Å². The molecule has 5 atom stereocenters. The van der Waals surface area contributed by atoms with E-state index in [1.807, 2.05) is 6.92 Å². The van der Waals surface area contributed by atoms with E-state index in [-0.39, 0.29) is 18.6 Å². The van der Waals surface area contributed by atoms with Crippen molar-refractivity contribution in [2.45, 2.75) is 38.6 Å². The lowest BCUT2D eigenvalue weighted by molar-refractivity contribution is -0.124. The summed E-state index contributed by atoms with van der Waals surface area (Å²) in [5, 5.41) is 11.8. The summed E-state index contributed by atoms with van der Waals surface area (Å²) in [6, 6.07) is 0.122. The van der Waals surface area contributed by atoms with Gasteiger partial charge in [-0.2, -0.15) is 0 Å². The number of amides is 1. The van der Waals surface area contributed by atoms with Crippen LogP contribution < -0.4 is 5.32 Å². The quantitative estimate of drug-likeness (QED) is 0.751. The van der Waals surface area contributed by atoms with E-state index in [1.54, 1.807) is 0 Å². The third-order valence-electron chi connectivity index (χ3n) is 4.99. The summed E-state index contributed by atoms with van der Waals surface area (Å²) in [6.45, 7) is 2.13. The van der Waals surface area contributed by atoms with Gasteiger partial charge in [-0.3, -0.25) is 4.79 Å². The fourth-order valence-corrected chi connectivity index (χ4v) is 4.28. The topological polar surface area (TPSA) is 49.3 Å². The Kier molecular flexibility index (Phi) is 2.46. The van der Waals surface area contributed by atoms with Gasteiger partial charge in [-0.15, -0.1) is 0 Å². The Morgan fingerprint density at radius 1 is 1.38 bits per heavy atom. The minimum atomic E-state index is 0.122. The second-order valence-corrected chi connectivity index (χ2v) is 5.94. The molecule has 16 heavy (non-hydrogen) atoms. The first-order valence-corrected chi connectivity index (χ1v) is 6.63. The molecular weight excluding hydrogens is 202 g/mol. The number of aliphatic hydroxyl groups is 1. The highest BCUT2D eigenvalue weighted by molar-refractivity contribution is 5.83. The molecule has 2 bridgehead atoms. The molecule has 5 unspecified atom stereocenters. The van der Waals surface area contributed by atoms with E-state index in [2.05, 4.69) is 5.32 Å². The minimum absolute atomic E-state index is 0.122. The molecule has 0 radical (unpaired) electrons. The molecule has 0 aromatic rings. The first-order valence-electron chi connectivity index (χ1n) is 6.63. The molecule has 3 saturated carbocycles. The van der Waals surface area contributed by atoms with Crippen molar-refractivity contribution in [3.05, 3.63) is 0 Å². The van der Waals surface area contributed by atoms with E-state index in [9.17, 15) is 4.79 Å². The predicted octanol–water partition coefficient (Wildman–Crippen LogP) is 1.17. The van der Waals surface area contributed by atoms with Crippen molar-refractivity contribution < 1.29 is 9.90 Å². The van der Waals surface area contributed by atoms with Crippen LogP contribution in [0.4, 0.5) is 0 Å². The molecular formula is C13H21NO2. The monoisotopic (exact) mass is 223 g/mol. The van der Waals surface area contributed by atoms with Gasteiger partial charge in [-0.25, -0.2) is 0 Å². The summed E-state index contributed by atoms with van der Waals surface area (Å²) < 4.78 is 0. The molecule has 0 spiro atoms. The number of hydrogen-bond donors (Lipinski definition) is 2. The van der Waals surface area contributed by atoms with E-state index >= 15 is 0 Å². The van der Waals surface area contributed by atoms with Crippen LogP contribution in [0.1, 0.15) is 32.6 Å². The lowest BCUT2D eigenvalue weighted by Crippen LogP contribution is -2.35. The zero-order chi connectivity index (χ0) is 11.3. The third kappa shape index (κ3) is 1.48. The zero-order valence-corrected chi connectivity index (χ0v) is 9.86. The SMILES string of the molecule is CC(CCO)NC(=O)C1C2C3CCC(C3)C12. The van der Waals surface area contributed by atoms with Crippen LogP contribution in [0.15, 0.2) is 0 Å². The Hall–Kier alpha value is -0.570. The van der Waals surface area contributed by atoms with Crippen molar-refractivity contribution in [3.8, 4) is 0 Å². The summed E-state index contributed by atoms with van der Waals surface area (Å²) in [5.41, 5.74) is 0. The molecule has 3 nitrogen and oxygen atoms in total. The second-order valence-electron chi connectivity index (χ2n) is 5.94. The van der Waals surface area contributed by atoms with E-state index in [1.165, 1.54) is 19.3 Å². The highest BCUT2D eigenvalue weighted by Gasteiger charge is 2.67. The van der Waals surface area contributed by atoms with Gasteiger partial charge in [0.05, 0.1) is 0 Å². The van der Waals surface area contributed by atoms with Crippen LogP contribution in [-0.2, 0) is 4.79 Å². The third-order valence-corrected chi connectivity index (χ3v) is 4.99. The van der Waals surface area contributed by atoms with Crippen LogP contribution in [0.5, 0.6) is 0 Å². The number of rotatable bonds is 4. The molecule has 3 fully saturated rings. The Morgan fingerprint density at radius 2 is 2.00 bits per heavy atom. The highest BCUT2D eigenvalue weighted by atomic mass is 16.3. The molecule has 0 saturated heterocycles. The Morgan fingerprint density at radius 3 is 2.56 bits per heavy atom. The fourth-order valence-electron chi connectivity index (χ4n) is 4.28. The molecule has 0 aromatic carbocycles. The molecule has 3 heteroatoms. The van der Waals surface area contributed by atoms with Crippen molar-refractivity contribution in [2.75, 3.05) is 6.61 Å². The first-order chi connectivity index (χ1) is 7.72. The van der Waals surface area contributed by atoms with Gasteiger partial charge in [0.15, 0.2) is 0 Å². The number of nitrogens with one attached hydrogen (secondary N) is 1. The van der Waals surface area contributed by atoms with E-state index in [0.29, 0.717) is 12.3 Å². The van der Waals surface area contributed by atoms with Crippen LogP contribution in [-0.4, -0.2) is 23.7 Å². The summed E-state index contributed by atoms with van der Waals surface area (Å²) in [6.07, 6.45) is 4.79. The maximum absolute atomic E-state index is 12.0. The Bertz CT molecular complexity index is 288. The summed E-state index contributed by atoms with van der Waals surface area (Å²) in [5.74, 6) is 3.75. The number of hydrogen-bond acceptors (Lipinski definition) is 2. The average molecular weight is 223 g/mol. The van der Waals surface area contributed by atoms with Gasteiger partial charge in [0.25, 0.3) is 0 Å². The van der Waals surface area contributed by atoms with Gasteiger partial charge in [0, 0.05) is 18.6 Å². The van der Waals surface area contributed by atoms with Crippen LogP contribution in [0.25, 0.3) is 0 Å². The van der Waals surface area contributed by atoms with Gasteiger partial charge >= 0.3 is 0 Å². The Labute approximate surface area is 96.6 Å². The Balaban J connectivity index is 1.55. The molecule has 1 amide bonds. The number of aliphatic hydroxyl groups excluding tert-OH is 1. The van der Waals surface area contributed by atoms with Crippen molar-refractivity contribution in [2.24, 2.45) is 29.6 Å². The molecule has 0 heterocycles. The number of fused-ring (bicyclic) bond motifs is 5. The van der Waals surface area contributed by atoms with Gasteiger partial charge in [-0.1, -0.05) is 0 Å². The average Bonchev–Trinajstić information content (AvgIpc) is 2.69. The summed E-state index contributed by atoms with van der Waals surface area (Å²) in [4.78, 5) is 12.0. The van der Waals surface area contributed by atoms with Gasteiger partial charge < -0.3 is 10.4 Å². The van der Waals surface area contributed by atoms with E-state index in [0.717, 1.165) is 23.7 Å². The fraction of sp³-hybridized carbons (Fsp3) is 0.923. The number of carbonyl (C=O) groups excluding carboxylic acids is 1.